The third-order valence-corrected chi connectivity index (χ3v) is 9.30. The van der Waals surface area contributed by atoms with Crippen LogP contribution in [0.4, 0.5) is 0 Å². The SMILES string of the molecule is CCCCCc1cc(OOC2C(OCCN)OC(COC(=O)CC(=O)O)C(O)C2O)cc2c1OCC1c3cc4c(c(CC(C)C)c3OC21)OCO4. The number of hydrogen-bond donors (Lipinski definition) is 4. The van der Waals surface area contributed by atoms with Gasteiger partial charge in [0.15, 0.2) is 29.6 Å². The Morgan fingerprint density at radius 1 is 1.02 bits per heavy atom. The molecular weight excluding hydrogens is 670 g/mol. The number of hydrogen-bond acceptors (Lipinski definition) is 14. The number of fused-ring (bicyclic) bond motifs is 6. The van der Waals surface area contributed by atoms with E-state index in [1.165, 1.54) is 0 Å². The lowest BCUT2D eigenvalue weighted by atomic mass is 9.86. The summed E-state index contributed by atoms with van der Waals surface area (Å²) >= 11 is 0. The van der Waals surface area contributed by atoms with Gasteiger partial charge in [0, 0.05) is 23.2 Å². The number of aryl methyl sites for hydroxylation is 1. The number of benzene rings is 2. The van der Waals surface area contributed by atoms with Crippen LogP contribution in [0, 0.1) is 5.92 Å². The average Bonchev–Trinajstić information content (AvgIpc) is 3.72. The fourth-order valence-electron chi connectivity index (χ4n) is 6.92. The van der Waals surface area contributed by atoms with Crippen LogP contribution in [0.3, 0.4) is 0 Å². The van der Waals surface area contributed by atoms with Crippen molar-refractivity contribution in [2.45, 2.75) is 102 Å². The Hall–Kier alpha value is -3.86. The van der Waals surface area contributed by atoms with Gasteiger partial charge in [-0.3, -0.25) is 9.59 Å². The summed E-state index contributed by atoms with van der Waals surface area (Å²) in [4.78, 5) is 34.2. The second-order valence-corrected chi connectivity index (χ2v) is 13.6. The first kappa shape index (κ1) is 36.9. The predicted molar refractivity (Wildman–Crippen MR) is 177 cm³/mol. The summed E-state index contributed by atoms with van der Waals surface area (Å²) in [5, 5.41) is 30.8. The number of aliphatic carboxylic acids is 1. The molecule has 7 atom stereocenters. The van der Waals surface area contributed by atoms with Gasteiger partial charge in [0.25, 0.3) is 0 Å². The number of carboxylic acids is 1. The molecule has 0 aliphatic carbocycles. The van der Waals surface area contributed by atoms with Crippen molar-refractivity contribution in [2.75, 3.05) is 33.2 Å². The maximum atomic E-state index is 11.8. The molecule has 1 fully saturated rings. The van der Waals surface area contributed by atoms with Gasteiger partial charge >= 0.3 is 11.9 Å². The molecule has 280 valence electrons. The quantitative estimate of drug-likeness (QED) is 0.0648. The van der Waals surface area contributed by atoms with Crippen molar-refractivity contribution in [1.82, 2.24) is 0 Å². The van der Waals surface area contributed by atoms with E-state index in [2.05, 4.69) is 20.8 Å². The number of rotatable bonds is 16. The van der Waals surface area contributed by atoms with E-state index in [1.54, 1.807) is 6.07 Å². The van der Waals surface area contributed by atoms with Crippen molar-refractivity contribution >= 4 is 11.9 Å². The molecule has 0 aromatic heterocycles. The molecule has 0 spiro atoms. The Balaban J connectivity index is 1.25. The smallest absolute Gasteiger partial charge is 0.317 e. The molecular formula is C36H47NO14. The minimum atomic E-state index is -1.61. The second kappa shape index (κ2) is 16.2. The first-order chi connectivity index (χ1) is 24.6. The van der Waals surface area contributed by atoms with Gasteiger partial charge in [0.1, 0.15) is 48.9 Å². The lowest BCUT2D eigenvalue weighted by molar-refractivity contribution is -0.372. The van der Waals surface area contributed by atoms with E-state index in [9.17, 15) is 19.8 Å². The molecule has 4 heterocycles. The molecule has 7 unspecified atom stereocenters. The highest BCUT2D eigenvalue weighted by atomic mass is 17.2. The summed E-state index contributed by atoms with van der Waals surface area (Å²) < 4.78 is 41.3. The molecule has 4 aliphatic rings. The molecule has 51 heavy (non-hydrogen) atoms. The highest BCUT2D eigenvalue weighted by molar-refractivity contribution is 5.90. The van der Waals surface area contributed by atoms with E-state index in [4.69, 9.17) is 53.8 Å². The summed E-state index contributed by atoms with van der Waals surface area (Å²) in [6, 6.07) is 5.60. The van der Waals surface area contributed by atoms with Crippen molar-refractivity contribution < 1.29 is 67.8 Å². The van der Waals surface area contributed by atoms with Crippen LogP contribution in [0.1, 0.15) is 80.7 Å². The Morgan fingerprint density at radius 3 is 2.59 bits per heavy atom. The highest BCUT2D eigenvalue weighted by Gasteiger charge is 2.48. The minimum Gasteiger partial charge on any atom is -0.492 e. The van der Waals surface area contributed by atoms with Crippen LogP contribution >= 0.6 is 0 Å². The second-order valence-electron chi connectivity index (χ2n) is 13.6. The van der Waals surface area contributed by atoms with Gasteiger partial charge in [-0.2, -0.15) is 4.89 Å². The van der Waals surface area contributed by atoms with Gasteiger partial charge in [-0.15, -0.1) is 0 Å². The molecule has 15 nitrogen and oxygen atoms in total. The van der Waals surface area contributed by atoms with Crippen LogP contribution in [0.5, 0.6) is 28.7 Å². The minimum absolute atomic E-state index is 0.00982. The number of aliphatic hydroxyl groups is 2. The molecule has 15 heteroatoms. The molecule has 0 bridgehead atoms. The Labute approximate surface area is 295 Å². The number of unbranched alkanes of at least 4 members (excludes halogenated alkanes) is 2. The standard InChI is InChI=1S/C36H47NO14/c1-4-5-6-7-19-11-20(50-51-35-30(42)29(41)26(48-36(35)43-9-8-37)16-44-28(40)14-27(38)39)12-23-31(19)45-15-24-21-13-25-34(47-17-46-25)22(10-18(2)3)32(21)49-33(23)24/h11-13,18,24,26,29-30,33,35-36,41-42H,4-10,14-17,37H2,1-3H3,(H,38,39). The summed E-state index contributed by atoms with van der Waals surface area (Å²) in [5.74, 6) is 1.08. The van der Waals surface area contributed by atoms with Crippen molar-refractivity contribution in [2.24, 2.45) is 11.7 Å². The van der Waals surface area contributed by atoms with Gasteiger partial charge in [-0.25, -0.2) is 0 Å². The van der Waals surface area contributed by atoms with Gasteiger partial charge in [0.2, 0.25) is 6.79 Å². The highest BCUT2D eigenvalue weighted by Crippen LogP contribution is 2.57. The predicted octanol–water partition coefficient (Wildman–Crippen LogP) is 3.08. The molecule has 0 radical (unpaired) electrons. The van der Waals surface area contributed by atoms with Gasteiger partial charge in [-0.05, 0) is 48.9 Å². The number of esters is 1. The largest absolute Gasteiger partial charge is 0.492 e. The molecule has 1 saturated heterocycles. The fraction of sp³-hybridized carbons (Fsp3) is 0.611. The van der Waals surface area contributed by atoms with Crippen molar-refractivity contribution in [3.05, 3.63) is 40.5 Å². The first-order valence-electron chi connectivity index (χ1n) is 17.5. The van der Waals surface area contributed by atoms with Crippen LogP contribution in [-0.2, 0) is 41.5 Å². The summed E-state index contributed by atoms with van der Waals surface area (Å²) in [6.45, 7) is 6.59. The lowest BCUT2D eigenvalue weighted by Crippen LogP contribution is -2.60. The number of carboxylic acid groups (broad SMARTS) is 1. The number of carbonyl (C=O) groups is 2. The number of carbonyl (C=O) groups excluding carboxylic acids is 1. The van der Waals surface area contributed by atoms with Gasteiger partial charge in [-0.1, -0.05) is 33.6 Å². The molecule has 6 rings (SSSR count). The third-order valence-electron chi connectivity index (χ3n) is 9.30. The maximum absolute atomic E-state index is 11.8. The van der Waals surface area contributed by atoms with Gasteiger partial charge < -0.3 is 59.1 Å². The number of ether oxygens (including phenoxy) is 7. The van der Waals surface area contributed by atoms with E-state index in [0.717, 1.165) is 65.2 Å². The zero-order chi connectivity index (χ0) is 36.2. The van der Waals surface area contributed by atoms with Crippen LogP contribution < -0.4 is 29.6 Å². The summed E-state index contributed by atoms with van der Waals surface area (Å²) in [5.41, 5.74) is 9.31. The monoisotopic (exact) mass is 717 g/mol. The van der Waals surface area contributed by atoms with E-state index in [-0.39, 0.29) is 32.0 Å². The van der Waals surface area contributed by atoms with Crippen molar-refractivity contribution in [1.29, 1.82) is 0 Å². The van der Waals surface area contributed by atoms with Crippen LogP contribution in [0.25, 0.3) is 0 Å². The molecule has 5 N–H and O–H groups in total. The topological polar surface area (TPSA) is 204 Å². The van der Waals surface area contributed by atoms with Crippen LogP contribution in [0.2, 0.25) is 0 Å². The number of nitrogens with two attached hydrogens (primary N) is 1. The maximum Gasteiger partial charge on any atom is 0.317 e. The average molecular weight is 718 g/mol. The molecule has 2 aromatic carbocycles. The van der Waals surface area contributed by atoms with Crippen LogP contribution in [0.15, 0.2) is 18.2 Å². The zero-order valence-electron chi connectivity index (χ0n) is 29.0. The van der Waals surface area contributed by atoms with Crippen molar-refractivity contribution in [3.63, 3.8) is 0 Å². The first-order valence-corrected chi connectivity index (χ1v) is 17.5. The van der Waals surface area contributed by atoms with Crippen LogP contribution in [-0.4, -0.2) is 91.1 Å². The summed E-state index contributed by atoms with van der Waals surface area (Å²) in [7, 11) is 0. The fourth-order valence-corrected chi connectivity index (χ4v) is 6.92. The molecule has 2 aromatic rings. The van der Waals surface area contributed by atoms with E-state index in [0.29, 0.717) is 30.4 Å². The summed E-state index contributed by atoms with van der Waals surface area (Å²) in [6.07, 6.45) is -3.93. The Bertz CT molecular complexity index is 1570. The molecule has 0 saturated carbocycles. The number of aliphatic hydroxyl groups excluding tert-OH is 2. The molecule has 4 aliphatic heterocycles. The zero-order valence-corrected chi connectivity index (χ0v) is 29.0. The molecule has 0 amide bonds. The van der Waals surface area contributed by atoms with Crippen molar-refractivity contribution in [3.8, 4) is 28.7 Å². The Kier molecular flexibility index (Phi) is 11.7. The van der Waals surface area contributed by atoms with E-state index in [1.807, 2.05) is 12.1 Å². The van der Waals surface area contributed by atoms with E-state index >= 15 is 0 Å². The normalized spacial score (nSPS) is 25.7. The lowest BCUT2D eigenvalue weighted by Gasteiger charge is -2.41. The third kappa shape index (κ3) is 7.98. The van der Waals surface area contributed by atoms with Gasteiger partial charge in [0.05, 0.1) is 19.1 Å². The Morgan fingerprint density at radius 2 is 1.84 bits per heavy atom. The van der Waals surface area contributed by atoms with E-state index < -0.39 is 55.7 Å².